The molecule has 0 saturated carbocycles. The Bertz CT molecular complexity index is 533. The van der Waals surface area contributed by atoms with E-state index in [-0.39, 0.29) is 23.6 Å². The summed E-state index contributed by atoms with van der Waals surface area (Å²) in [6.07, 6.45) is 0. The van der Waals surface area contributed by atoms with Crippen molar-refractivity contribution in [2.75, 3.05) is 18.6 Å². The smallest absolute Gasteiger partial charge is 0.153 e. The molecule has 1 fully saturated rings. The maximum Gasteiger partial charge on any atom is 0.153 e. The standard InChI is InChI=1S/C12H17ClN2O2S/c1-15(6-9-3-2-4-10(13)5-9)12-8-18(16,17)7-11(12)14/h2-5,11-12H,6-8,14H2,1H3. The zero-order valence-electron chi connectivity index (χ0n) is 10.2. The molecule has 2 atom stereocenters. The Kier molecular flexibility index (Phi) is 3.96. The van der Waals surface area contributed by atoms with Crippen molar-refractivity contribution in [1.29, 1.82) is 0 Å². The highest BCUT2D eigenvalue weighted by molar-refractivity contribution is 7.91. The maximum atomic E-state index is 11.5. The van der Waals surface area contributed by atoms with E-state index >= 15 is 0 Å². The molecule has 0 aliphatic carbocycles. The van der Waals surface area contributed by atoms with Crippen LogP contribution in [-0.2, 0) is 16.4 Å². The largest absolute Gasteiger partial charge is 0.325 e. The number of hydrogen-bond donors (Lipinski definition) is 1. The lowest BCUT2D eigenvalue weighted by molar-refractivity contribution is 0.236. The molecule has 1 aliphatic rings. The van der Waals surface area contributed by atoms with Gasteiger partial charge >= 0.3 is 0 Å². The van der Waals surface area contributed by atoms with Crippen LogP contribution in [0.25, 0.3) is 0 Å². The molecular weight excluding hydrogens is 272 g/mol. The van der Waals surface area contributed by atoms with Crippen LogP contribution >= 0.6 is 11.6 Å². The fraction of sp³-hybridized carbons (Fsp3) is 0.500. The van der Waals surface area contributed by atoms with Gasteiger partial charge in [-0.2, -0.15) is 0 Å². The molecule has 100 valence electrons. The first-order valence-electron chi connectivity index (χ1n) is 5.78. The molecule has 1 heterocycles. The Morgan fingerprint density at radius 3 is 2.72 bits per heavy atom. The van der Waals surface area contributed by atoms with Gasteiger partial charge in [0.2, 0.25) is 0 Å². The molecule has 0 aromatic heterocycles. The van der Waals surface area contributed by atoms with Crippen molar-refractivity contribution in [2.24, 2.45) is 5.73 Å². The van der Waals surface area contributed by atoms with Crippen LogP contribution in [0.1, 0.15) is 5.56 Å². The van der Waals surface area contributed by atoms with Crippen molar-refractivity contribution in [2.45, 2.75) is 18.6 Å². The maximum absolute atomic E-state index is 11.5. The number of hydrogen-bond acceptors (Lipinski definition) is 4. The van der Waals surface area contributed by atoms with Gasteiger partial charge in [0, 0.05) is 23.7 Å². The molecule has 1 aliphatic heterocycles. The molecule has 0 amide bonds. The van der Waals surface area contributed by atoms with Crippen LogP contribution < -0.4 is 5.73 Å². The molecule has 18 heavy (non-hydrogen) atoms. The fourth-order valence-corrected chi connectivity index (χ4v) is 4.53. The highest BCUT2D eigenvalue weighted by Crippen LogP contribution is 2.19. The van der Waals surface area contributed by atoms with Gasteiger partial charge < -0.3 is 5.73 Å². The Balaban J connectivity index is 2.07. The Morgan fingerprint density at radius 1 is 1.44 bits per heavy atom. The van der Waals surface area contributed by atoms with E-state index in [1.54, 1.807) is 0 Å². The Morgan fingerprint density at radius 2 is 2.17 bits per heavy atom. The number of nitrogens with zero attached hydrogens (tertiary/aromatic N) is 1. The van der Waals surface area contributed by atoms with E-state index < -0.39 is 9.84 Å². The minimum Gasteiger partial charge on any atom is -0.325 e. The van der Waals surface area contributed by atoms with Gasteiger partial charge in [-0.1, -0.05) is 23.7 Å². The van der Waals surface area contributed by atoms with Crippen molar-refractivity contribution >= 4 is 21.4 Å². The van der Waals surface area contributed by atoms with Gasteiger partial charge in [0.25, 0.3) is 0 Å². The summed E-state index contributed by atoms with van der Waals surface area (Å²) >= 11 is 5.92. The van der Waals surface area contributed by atoms with E-state index in [0.29, 0.717) is 11.6 Å². The normalized spacial score (nSPS) is 26.7. The van der Waals surface area contributed by atoms with Crippen LogP contribution in [0.2, 0.25) is 5.02 Å². The second-order valence-corrected chi connectivity index (χ2v) is 7.44. The zero-order valence-corrected chi connectivity index (χ0v) is 11.8. The van der Waals surface area contributed by atoms with Crippen LogP contribution in [0.3, 0.4) is 0 Å². The van der Waals surface area contributed by atoms with Crippen LogP contribution in [-0.4, -0.2) is 44.0 Å². The molecular formula is C12H17ClN2O2S. The zero-order chi connectivity index (χ0) is 13.3. The van der Waals surface area contributed by atoms with Crippen molar-refractivity contribution in [1.82, 2.24) is 4.90 Å². The van der Waals surface area contributed by atoms with E-state index in [9.17, 15) is 8.42 Å². The van der Waals surface area contributed by atoms with Crippen molar-refractivity contribution < 1.29 is 8.42 Å². The average Bonchev–Trinajstić information content (AvgIpc) is 2.52. The summed E-state index contributed by atoms with van der Waals surface area (Å²) in [5.74, 6) is 0.225. The average molecular weight is 289 g/mol. The number of benzene rings is 1. The quantitative estimate of drug-likeness (QED) is 0.897. The number of rotatable bonds is 3. The van der Waals surface area contributed by atoms with Crippen molar-refractivity contribution in [3.63, 3.8) is 0 Å². The van der Waals surface area contributed by atoms with Gasteiger partial charge in [0.05, 0.1) is 11.5 Å². The first kappa shape index (κ1) is 13.8. The molecule has 2 N–H and O–H groups in total. The predicted octanol–water partition coefficient (Wildman–Crippen LogP) is 0.896. The lowest BCUT2D eigenvalue weighted by Gasteiger charge is -2.26. The van der Waals surface area contributed by atoms with Gasteiger partial charge in [-0.15, -0.1) is 0 Å². The van der Waals surface area contributed by atoms with E-state index in [4.69, 9.17) is 17.3 Å². The van der Waals surface area contributed by atoms with Crippen LogP contribution in [0.4, 0.5) is 0 Å². The summed E-state index contributed by atoms with van der Waals surface area (Å²) in [5, 5.41) is 0.684. The lowest BCUT2D eigenvalue weighted by atomic mass is 10.1. The van der Waals surface area contributed by atoms with E-state index in [0.717, 1.165) is 5.56 Å². The van der Waals surface area contributed by atoms with Crippen molar-refractivity contribution in [3.8, 4) is 0 Å². The van der Waals surface area contributed by atoms with E-state index in [1.165, 1.54) is 0 Å². The third-order valence-corrected chi connectivity index (χ3v) is 5.23. The Hall–Kier alpha value is -0.620. The third-order valence-electron chi connectivity index (χ3n) is 3.25. The molecule has 1 aromatic rings. The highest BCUT2D eigenvalue weighted by atomic mass is 35.5. The molecule has 1 saturated heterocycles. The van der Waals surface area contributed by atoms with Crippen LogP contribution in [0.15, 0.2) is 24.3 Å². The Labute approximate surface area is 113 Å². The second kappa shape index (κ2) is 5.17. The minimum atomic E-state index is -2.98. The molecule has 6 heteroatoms. The summed E-state index contributed by atoms with van der Waals surface area (Å²) in [6, 6.07) is 7.13. The summed E-state index contributed by atoms with van der Waals surface area (Å²) in [5.41, 5.74) is 6.95. The molecule has 4 nitrogen and oxygen atoms in total. The first-order chi connectivity index (χ1) is 8.37. The summed E-state index contributed by atoms with van der Waals surface area (Å²) in [6.45, 7) is 0.647. The van der Waals surface area contributed by atoms with Crippen LogP contribution in [0.5, 0.6) is 0 Å². The summed E-state index contributed by atoms with van der Waals surface area (Å²) < 4.78 is 23.1. The predicted molar refractivity (Wildman–Crippen MR) is 73.3 cm³/mol. The van der Waals surface area contributed by atoms with Crippen molar-refractivity contribution in [3.05, 3.63) is 34.9 Å². The number of halogens is 1. The van der Waals surface area contributed by atoms with Gasteiger partial charge in [-0.05, 0) is 24.7 Å². The third kappa shape index (κ3) is 3.23. The number of sulfone groups is 1. The highest BCUT2D eigenvalue weighted by Gasteiger charge is 2.37. The molecule has 1 aromatic carbocycles. The molecule has 2 rings (SSSR count). The van der Waals surface area contributed by atoms with Gasteiger partial charge in [-0.25, -0.2) is 8.42 Å². The fourth-order valence-electron chi connectivity index (χ4n) is 2.35. The van der Waals surface area contributed by atoms with Gasteiger partial charge in [0.15, 0.2) is 9.84 Å². The molecule has 0 radical (unpaired) electrons. The molecule has 0 spiro atoms. The first-order valence-corrected chi connectivity index (χ1v) is 7.98. The SMILES string of the molecule is CN(Cc1cccc(Cl)c1)C1CS(=O)(=O)CC1N. The summed E-state index contributed by atoms with van der Waals surface area (Å²) in [4.78, 5) is 1.99. The number of nitrogens with two attached hydrogens (primary N) is 1. The van der Waals surface area contributed by atoms with E-state index in [2.05, 4.69) is 0 Å². The van der Waals surface area contributed by atoms with E-state index in [1.807, 2.05) is 36.2 Å². The monoisotopic (exact) mass is 288 g/mol. The summed E-state index contributed by atoms with van der Waals surface area (Å²) in [7, 11) is -1.09. The minimum absolute atomic E-state index is 0.0809. The molecule has 2 unspecified atom stereocenters. The van der Waals surface area contributed by atoms with Gasteiger partial charge in [-0.3, -0.25) is 4.90 Å². The topological polar surface area (TPSA) is 63.4 Å². The van der Waals surface area contributed by atoms with Gasteiger partial charge in [0.1, 0.15) is 0 Å². The second-order valence-electron chi connectivity index (χ2n) is 4.85. The molecule has 0 bridgehead atoms. The number of likely N-dealkylation sites (N-methyl/N-ethyl adjacent to an activating group) is 1. The van der Waals surface area contributed by atoms with Crippen LogP contribution in [0, 0.1) is 0 Å². The lowest BCUT2D eigenvalue weighted by Crippen LogP contribution is -2.44.